The minimum atomic E-state index is 0.0598. The Balaban J connectivity index is 1.80. The highest BCUT2D eigenvalue weighted by Gasteiger charge is 2.24. The van der Waals surface area contributed by atoms with Crippen molar-refractivity contribution in [3.8, 4) is 5.88 Å². The van der Waals surface area contributed by atoms with Crippen LogP contribution in [0.1, 0.15) is 35.6 Å². The number of carbonyl (C=O) groups excluding carboxylic acids is 1. The third-order valence-electron chi connectivity index (χ3n) is 4.04. The van der Waals surface area contributed by atoms with E-state index in [4.69, 9.17) is 4.74 Å². The number of hydrogen-bond acceptors (Lipinski definition) is 4. The van der Waals surface area contributed by atoms with E-state index < -0.39 is 0 Å². The Hall–Kier alpha value is -2.37. The maximum absolute atomic E-state index is 12.7. The first kappa shape index (κ1) is 15.5. The van der Waals surface area contributed by atoms with E-state index in [1.54, 1.807) is 6.33 Å². The van der Waals surface area contributed by atoms with Gasteiger partial charge in [-0.1, -0.05) is 0 Å². The zero-order valence-corrected chi connectivity index (χ0v) is 13.8. The van der Waals surface area contributed by atoms with Crippen LogP contribution in [0, 0.1) is 0 Å². The Morgan fingerprint density at radius 2 is 2.04 bits per heavy atom. The van der Waals surface area contributed by atoms with Crippen molar-refractivity contribution < 1.29 is 9.53 Å². The summed E-state index contributed by atoms with van der Waals surface area (Å²) in [5.74, 6) is 0.711. The van der Waals surface area contributed by atoms with Gasteiger partial charge in [-0.3, -0.25) is 4.79 Å². The number of amides is 1. The van der Waals surface area contributed by atoms with Crippen LogP contribution >= 0.6 is 0 Å². The second-order valence-corrected chi connectivity index (χ2v) is 6.07. The fourth-order valence-electron chi connectivity index (χ4n) is 2.87. The highest BCUT2D eigenvalue weighted by Crippen LogP contribution is 2.23. The normalized spacial score (nSPS) is 14.5. The lowest BCUT2D eigenvalue weighted by Gasteiger charge is -2.20. The van der Waals surface area contributed by atoms with Crippen molar-refractivity contribution in [1.82, 2.24) is 19.4 Å². The van der Waals surface area contributed by atoms with Crippen LogP contribution in [0.2, 0.25) is 0 Å². The molecule has 6 heteroatoms. The molecule has 23 heavy (non-hydrogen) atoms. The maximum Gasteiger partial charge on any atom is 0.270 e. The van der Waals surface area contributed by atoms with E-state index in [9.17, 15) is 4.79 Å². The number of carbonyl (C=O) groups is 1. The van der Waals surface area contributed by atoms with Crippen LogP contribution in [0.15, 0.2) is 24.7 Å². The number of aromatic nitrogens is 3. The molecule has 2 aromatic heterocycles. The second-order valence-electron chi connectivity index (χ2n) is 6.07. The summed E-state index contributed by atoms with van der Waals surface area (Å²) in [6.45, 7) is 5.28. The highest BCUT2D eigenvalue weighted by atomic mass is 16.5. The second kappa shape index (κ2) is 6.40. The van der Waals surface area contributed by atoms with Gasteiger partial charge < -0.3 is 14.2 Å². The molecule has 0 fully saturated rings. The fourth-order valence-corrected chi connectivity index (χ4v) is 2.87. The summed E-state index contributed by atoms with van der Waals surface area (Å²) in [6, 6.07) is 3.74. The molecule has 0 saturated heterocycles. The average molecular weight is 314 g/mol. The topological polar surface area (TPSA) is 60.3 Å². The van der Waals surface area contributed by atoms with Crippen LogP contribution in [0.4, 0.5) is 0 Å². The number of hydrogen-bond donors (Lipinski definition) is 0. The minimum Gasteiger partial charge on any atom is -0.475 e. The Kier molecular flexibility index (Phi) is 4.32. The van der Waals surface area contributed by atoms with E-state index in [1.165, 1.54) is 0 Å². The molecule has 1 aliphatic rings. The van der Waals surface area contributed by atoms with E-state index in [2.05, 4.69) is 9.97 Å². The Labute approximate surface area is 136 Å². The van der Waals surface area contributed by atoms with Crippen molar-refractivity contribution in [3.05, 3.63) is 41.6 Å². The molecule has 0 spiro atoms. The number of ether oxygens (including phenoxy) is 1. The van der Waals surface area contributed by atoms with Crippen molar-refractivity contribution in [3.63, 3.8) is 0 Å². The van der Waals surface area contributed by atoms with Crippen LogP contribution in [0.5, 0.6) is 5.88 Å². The third kappa shape index (κ3) is 3.21. The first-order valence-corrected chi connectivity index (χ1v) is 7.96. The monoisotopic (exact) mass is 314 g/mol. The van der Waals surface area contributed by atoms with Gasteiger partial charge in [0.2, 0.25) is 5.88 Å². The molecule has 0 aromatic carbocycles. The highest BCUT2D eigenvalue weighted by molar-refractivity contribution is 5.92. The van der Waals surface area contributed by atoms with E-state index in [1.807, 2.05) is 48.7 Å². The first-order valence-electron chi connectivity index (χ1n) is 7.96. The summed E-state index contributed by atoms with van der Waals surface area (Å²) < 4.78 is 7.65. The third-order valence-corrected chi connectivity index (χ3v) is 4.04. The molecule has 3 rings (SSSR count). The summed E-state index contributed by atoms with van der Waals surface area (Å²) in [6.07, 6.45) is 4.94. The molecule has 0 saturated carbocycles. The van der Waals surface area contributed by atoms with Gasteiger partial charge in [0.15, 0.2) is 0 Å². The number of rotatable bonds is 3. The molecule has 1 aliphatic heterocycles. The maximum atomic E-state index is 12.7. The predicted molar refractivity (Wildman–Crippen MR) is 86.5 cm³/mol. The molecule has 6 nitrogen and oxygen atoms in total. The van der Waals surface area contributed by atoms with Crippen LogP contribution in [-0.2, 0) is 19.9 Å². The first-order chi connectivity index (χ1) is 11.1. The molecule has 0 aliphatic carbocycles. The van der Waals surface area contributed by atoms with E-state index in [0.717, 1.165) is 17.7 Å². The lowest BCUT2D eigenvalue weighted by molar-refractivity contribution is 0.0753. The molecule has 1 amide bonds. The summed E-state index contributed by atoms with van der Waals surface area (Å²) >= 11 is 0. The Bertz CT molecular complexity index is 708. The van der Waals surface area contributed by atoms with Gasteiger partial charge >= 0.3 is 0 Å². The molecule has 0 bridgehead atoms. The molecule has 2 aromatic rings. The zero-order valence-electron chi connectivity index (χ0n) is 13.8. The molecule has 122 valence electrons. The fraction of sp³-hybridized carbons (Fsp3) is 0.471. The van der Waals surface area contributed by atoms with Crippen LogP contribution < -0.4 is 4.74 Å². The van der Waals surface area contributed by atoms with Crippen molar-refractivity contribution in [2.24, 2.45) is 7.05 Å². The summed E-state index contributed by atoms with van der Waals surface area (Å²) in [7, 11) is 1.89. The number of aryl methyl sites for hydroxylation is 1. The quantitative estimate of drug-likeness (QED) is 0.867. The standard InChI is InChI=1S/C17H22N4O2/c1-12(2)23-16-13-6-9-21(10-7-14(13)18-11-19-16)17(22)15-5-4-8-20(15)3/h4-5,8,11-12H,6-7,9-10H2,1-3H3. The van der Waals surface area contributed by atoms with Gasteiger partial charge in [0.05, 0.1) is 11.8 Å². The van der Waals surface area contributed by atoms with Gasteiger partial charge in [-0.25, -0.2) is 9.97 Å². The molecule has 0 N–H and O–H groups in total. The predicted octanol–water partition coefficient (Wildman–Crippen LogP) is 1.84. The van der Waals surface area contributed by atoms with Gasteiger partial charge in [-0.2, -0.15) is 0 Å². The summed E-state index contributed by atoms with van der Waals surface area (Å²) in [4.78, 5) is 23.2. The smallest absolute Gasteiger partial charge is 0.270 e. The van der Waals surface area contributed by atoms with Crippen LogP contribution in [-0.4, -0.2) is 44.5 Å². The average Bonchev–Trinajstić information content (AvgIpc) is 2.81. The largest absolute Gasteiger partial charge is 0.475 e. The van der Waals surface area contributed by atoms with Crippen LogP contribution in [0.3, 0.4) is 0 Å². The van der Waals surface area contributed by atoms with E-state index >= 15 is 0 Å². The van der Waals surface area contributed by atoms with Crippen molar-refractivity contribution in [2.45, 2.75) is 32.8 Å². The zero-order chi connectivity index (χ0) is 16.4. The Morgan fingerprint density at radius 1 is 1.26 bits per heavy atom. The SMILES string of the molecule is CC(C)Oc1ncnc2c1CCN(C(=O)c1cccn1C)CC2. The Morgan fingerprint density at radius 3 is 2.74 bits per heavy atom. The molecule has 0 atom stereocenters. The molecule has 0 unspecified atom stereocenters. The van der Waals surface area contributed by atoms with Gasteiger partial charge in [-0.15, -0.1) is 0 Å². The summed E-state index contributed by atoms with van der Waals surface area (Å²) in [5, 5.41) is 0. The van der Waals surface area contributed by atoms with Crippen molar-refractivity contribution >= 4 is 5.91 Å². The van der Waals surface area contributed by atoms with Crippen molar-refractivity contribution in [2.75, 3.05) is 13.1 Å². The number of nitrogens with zero attached hydrogens (tertiary/aromatic N) is 4. The lowest BCUT2D eigenvalue weighted by atomic mass is 10.1. The van der Waals surface area contributed by atoms with Gasteiger partial charge in [0.25, 0.3) is 5.91 Å². The minimum absolute atomic E-state index is 0.0598. The lowest BCUT2D eigenvalue weighted by Crippen LogP contribution is -2.34. The summed E-state index contributed by atoms with van der Waals surface area (Å²) in [5.41, 5.74) is 2.72. The van der Waals surface area contributed by atoms with Crippen molar-refractivity contribution in [1.29, 1.82) is 0 Å². The number of fused-ring (bicyclic) bond motifs is 1. The van der Waals surface area contributed by atoms with Gasteiger partial charge in [0, 0.05) is 38.3 Å². The van der Waals surface area contributed by atoms with Crippen LogP contribution in [0.25, 0.3) is 0 Å². The molecular formula is C17H22N4O2. The van der Waals surface area contributed by atoms with E-state index in [-0.39, 0.29) is 12.0 Å². The molecule has 3 heterocycles. The van der Waals surface area contributed by atoms with Gasteiger partial charge in [-0.05, 0) is 32.4 Å². The van der Waals surface area contributed by atoms with E-state index in [0.29, 0.717) is 31.1 Å². The van der Waals surface area contributed by atoms with Gasteiger partial charge in [0.1, 0.15) is 12.0 Å². The molecule has 0 radical (unpaired) electrons. The molecular weight excluding hydrogens is 292 g/mol.